The molecule has 1 unspecified atom stereocenters. The SMILES string of the molecule is CC1(C(=O)Nc2cccc3c2CCCC3)CCCN1. The predicted molar refractivity (Wildman–Crippen MR) is 77.4 cm³/mol. The summed E-state index contributed by atoms with van der Waals surface area (Å²) in [4.78, 5) is 12.4. The lowest BCUT2D eigenvalue weighted by molar-refractivity contribution is -0.121. The molecule has 1 amide bonds. The van der Waals surface area contributed by atoms with Crippen LogP contribution < -0.4 is 10.6 Å². The molecular formula is C16H22N2O. The summed E-state index contributed by atoms with van der Waals surface area (Å²) >= 11 is 0. The number of anilines is 1. The van der Waals surface area contributed by atoms with E-state index in [4.69, 9.17) is 0 Å². The molecule has 1 aromatic rings. The van der Waals surface area contributed by atoms with Gasteiger partial charge in [0.15, 0.2) is 0 Å². The Labute approximate surface area is 114 Å². The van der Waals surface area contributed by atoms with Crippen molar-refractivity contribution in [2.45, 2.75) is 51.0 Å². The molecule has 102 valence electrons. The van der Waals surface area contributed by atoms with Gasteiger partial charge in [0.1, 0.15) is 0 Å². The molecule has 19 heavy (non-hydrogen) atoms. The third-order valence-electron chi connectivity index (χ3n) is 4.51. The van der Waals surface area contributed by atoms with E-state index in [2.05, 4.69) is 22.8 Å². The van der Waals surface area contributed by atoms with Gasteiger partial charge in [-0.05, 0) is 69.2 Å². The zero-order chi connectivity index (χ0) is 13.3. The van der Waals surface area contributed by atoms with Gasteiger partial charge in [-0.25, -0.2) is 0 Å². The Balaban J connectivity index is 1.82. The molecule has 0 radical (unpaired) electrons. The Hall–Kier alpha value is -1.35. The number of benzene rings is 1. The monoisotopic (exact) mass is 258 g/mol. The van der Waals surface area contributed by atoms with Gasteiger partial charge in [-0.15, -0.1) is 0 Å². The van der Waals surface area contributed by atoms with Crippen molar-refractivity contribution in [1.82, 2.24) is 5.32 Å². The first kappa shape index (κ1) is 12.7. The van der Waals surface area contributed by atoms with E-state index in [0.717, 1.165) is 37.9 Å². The van der Waals surface area contributed by atoms with Crippen LogP contribution in [0.15, 0.2) is 18.2 Å². The number of fused-ring (bicyclic) bond motifs is 1. The number of carbonyl (C=O) groups is 1. The maximum atomic E-state index is 12.4. The summed E-state index contributed by atoms with van der Waals surface area (Å²) in [6.45, 7) is 2.95. The molecule has 2 N–H and O–H groups in total. The molecule has 0 bridgehead atoms. The van der Waals surface area contributed by atoms with Gasteiger partial charge in [-0.3, -0.25) is 4.79 Å². The Bertz CT molecular complexity index is 490. The third-order valence-corrected chi connectivity index (χ3v) is 4.51. The highest BCUT2D eigenvalue weighted by Crippen LogP contribution is 2.29. The van der Waals surface area contributed by atoms with E-state index in [1.807, 2.05) is 13.0 Å². The molecule has 1 atom stereocenters. The molecule has 0 spiro atoms. The molecular weight excluding hydrogens is 236 g/mol. The first-order valence-corrected chi connectivity index (χ1v) is 7.36. The van der Waals surface area contributed by atoms with E-state index in [1.165, 1.54) is 24.0 Å². The van der Waals surface area contributed by atoms with Gasteiger partial charge in [0.2, 0.25) is 5.91 Å². The van der Waals surface area contributed by atoms with Gasteiger partial charge in [-0.1, -0.05) is 12.1 Å². The molecule has 1 aromatic carbocycles. The van der Waals surface area contributed by atoms with Crippen molar-refractivity contribution in [2.75, 3.05) is 11.9 Å². The fourth-order valence-electron chi connectivity index (χ4n) is 3.25. The average molecular weight is 258 g/mol. The lowest BCUT2D eigenvalue weighted by atomic mass is 9.90. The number of rotatable bonds is 2. The summed E-state index contributed by atoms with van der Waals surface area (Å²) in [6, 6.07) is 6.30. The molecule has 1 heterocycles. The van der Waals surface area contributed by atoms with Crippen molar-refractivity contribution in [1.29, 1.82) is 0 Å². The minimum absolute atomic E-state index is 0.115. The van der Waals surface area contributed by atoms with Crippen LogP contribution in [0.4, 0.5) is 5.69 Å². The van der Waals surface area contributed by atoms with E-state index in [9.17, 15) is 4.79 Å². The van der Waals surface area contributed by atoms with Crippen LogP contribution in [0.1, 0.15) is 43.7 Å². The van der Waals surface area contributed by atoms with Crippen LogP contribution in [-0.4, -0.2) is 18.0 Å². The summed E-state index contributed by atoms with van der Waals surface area (Å²) in [6.07, 6.45) is 6.74. The highest BCUT2D eigenvalue weighted by molar-refractivity contribution is 5.98. The second-order valence-corrected chi connectivity index (χ2v) is 5.97. The van der Waals surface area contributed by atoms with E-state index < -0.39 is 5.54 Å². The number of amides is 1. The second-order valence-electron chi connectivity index (χ2n) is 5.97. The van der Waals surface area contributed by atoms with E-state index >= 15 is 0 Å². The fraction of sp³-hybridized carbons (Fsp3) is 0.562. The van der Waals surface area contributed by atoms with Gasteiger partial charge >= 0.3 is 0 Å². The Morgan fingerprint density at radius 3 is 2.89 bits per heavy atom. The molecule has 1 aliphatic carbocycles. The van der Waals surface area contributed by atoms with Crippen molar-refractivity contribution in [2.24, 2.45) is 0 Å². The van der Waals surface area contributed by atoms with E-state index in [1.54, 1.807) is 0 Å². The lowest BCUT2D eigenvalue weighted by Crippen LogP contribution is -2.48. The highest BCUT2D eigenvalue weighted by Gasteiger charge is 2.36. The van der Waals surface area contributed by atoms with Gasteiger partial charge < -0.3 is 10.6 Å². The molecule has 3 heteroatoms. The molecule has 0 saturated carbocycles. The van der Waals surface area contributed by atoms with Crippen molar-refractivity contribution < 1.29 is 4.79 Å². The molecule has 3 rings (SSSR count). The molecule has 0 aromatic heterocycles. The maximum Gasteiger partial charge on any atom is 0.244 e. The smallest absolute Gasteiger partial charge is 0.244 e. The molecule has 3 nitrogen and oxygen atoms in total. The number of hydrogen-bond acceptors (Lipinski definition) is 2. The number of hydrogen-bond donors (Lipinski definition) is 2. The van der Waals surface area contributed by atoms with Crippen LogP contribution in [-0.2, 0) is 17.6 Å². The van der Waals surface area contributed by atoms with E-state index in [-0.39, 0.29) is 5.91 Å². The van der Waals surface area contributed by atoms with Gasteiger partial charge in [0.05, 0.1) is 5.54 Å². The second kappa shape index (κ2) is 4.97. The molecule has 1 aliphatic heterocycles. The van der Waals surface area contributed by atoms with Gasteiger partial charge in [-0.2, -0.15) is 0 Å². The number of aryl methyl sites for hydroxylation is 1. The highest BCUT2D eigenvalue weighted by atomic mass is 16.2. The molecule has 1 fully saturated rings. The van der Waals surface area contributed by atoms with Gasteiger partial charge in [0, 0.05) is 5.69 Å². The van der Waals surface area contributed by atoms with Crippen LogP contribution in [0.25, 0.3) is 0 Å². The topological polar surface area (TPSA) is 41.1 Å². The Morgan fingerprint density at radius 2 is 2.11 bits per heavy atom. The minimum atomic E-state index is -0.391. The Kier molecular flexibility index (Phi) is 3.31. The molecule has 2 aliphatic rings. The standard InChI is InChI=1S/C16H22N2O/c1-16(10-5-11-17-16)15(19)18-14-9-4-7-12-6-2-3-8-13(12)14/h4,7,9,17H,2-3,5-6,8,10-11H2,1H3,(H,18,19). The Morgan fingerprint density at radius 1 is 1.26 bits per heavy atom. The lowest BCUT2D eigenvalue weighted by Gasteiger charge is -2.25. The largest absolute Gasteiger partial charge is 0.324 e. The summed E-state index contributed by atoms with van der Waals surface area (Å²) in [5.41, 5.74) is 3.40. The zero-order valence-electron chi connectivity index (χ0n) is 11.6. The van der Waals surface area contributed by atoms with Crippen molar-refractivity contribution in [3.63, 3.8) is 0 Å². The summed E-state index contributed by atoms with van der Waals surface area (Å²) < 4.78 is 0. The van der Waals surface area contributed by atoms with E-state index in [0.29, 0.717) is 0 Å². The van der Waals surface area contributed by atoms with Crippen molar-refractivity contribution in [3.8, 4) is 0 Å². The van der Waals surface area contributed by atoms with Gasteiger partial charge in [0.25, 0.3) is 0 Å². The van der Waals surface area contributed by atoms with Crippen LogP contribution in [0.2, 0.25) is 0 Å². The quantitative estimate of drug-likeness (QED) is 0.856. The fourth-order valence-corrected chi connectivity index (χ4v) is 3.25. The summed E-state index contributed by atoms with van der Waals surface area (Å²) in [5, 5.41) is 6.47. The molecule has 1 saturated heterocycles. The first-order chi connectivity index (χ1) is 9.19. The minimum Gasteiger partial charge on any atom is -0.324 e. The summed E-state index contributed by atoms with van der Waals surface area (Å²) in [7, 11) is 0. The van der Waals surface area contributed by atoms with Crippen LogP contribution in [0.3, 0.4) is 0 Å². The predicted octanol–water partition coefficient (Wildman–Crippen LogP) is 2.65. The number of nitrogens with one attached hydrogen (secondary N) is 2. The first-order valence-electron chi connectivity index (χ1n) is 7.36. The zero-order valence-corrected chi connectivity index (χ0v) is 11.6. The van der Waals surface area contributed by atoms with Crippen LogP contribution in [0, 0.1) is 0 Å². The van der Waals surface area contributed by atoms with Crippen LogP contribution in [0.5, 0.6) is 0 Å². The van der Waals surface area contributed by atoms with Crippen molar-refractivity contribution in [3.05, 3.63) is 29.3 Å². The number of carbonyl (C=O) groups excluding carboxylic acids is 1. The normalized spacial score (nSPS) is 25.9. The third kappa shape index (κ3) is 2.39. The maximum absolute atomic E-state index is 12.4. The summed E-state index contributed by atoms with van der Waals surface area (Å²) in [5.74, 6) is 0.115. The average Bonchev–Trinajstić information content (AvgIpc) is 2.87. The van der Waals surface area contributed by atoms with Crippen LogP contribution >= 0.6 is 0 Å². The van der Waals surface area contributed by atoms with Crippen molar-refractivity contribution >= 4 is 11.6 Å².